The van der Waals surface area contributed by atoms with Crippen LogP contribution in [0.25, 0.3) is 0 Å². The predicted octanol–water partition coefficient (Wildman–Crippen LogP) is 0.700. The lowest BCUT2D eigenvalue weighted by Crippen LogP contribution is -2.40. The smallest absolute Gasteiger partial charge is 0.328 e. The van der Waals surface area contributed by atoms with Crippen LogP contribution in [-0.2, 0) is 11.3 Å². The Bertz CT molecular complexity index is 965. The summed E-state index contributed by atoms with van der Waals surface area (Å²) < 4.78 is 7.14. The molecule has 2 aromatic heterocycles. The van der Waals surface area contributed by atoms with Crippen molar-refractivity contribution in [3.05, 3.63) is 57.0 Å². The molecule has 1 amide bonds. The van der Waals surface area contributed by atoms with Crippen molar-refractivity contribution in [2.45, 2.75) is 50.8 Å². The van der Waals surface area contributed by atoms with Gasteiger partial charge in [-0.05, 0) is 31.7 Å². The number of pyridine rings is 1. The van der Waals surface area contributed by atoms with Crippen LogP contribution >= 0.6 is 0 Å². The number of aromatic amines is 1. The summed E-state index contributed by atoms with van der Waals surface area (Å²) in [6, 6.07) is 6.70. The molecular formula is C19H21N5O4. The quantitative estimate of drug-likeness (QED) is 0.755. The van der Waals surface area contributed by atoms with Crippen molar-refractivity contribution < 1.29 is 9.53 Å². The lowest BCUT2D eigenvalue weighted by atomic mass is 9.93. The molecule has 3 rings (SSSR count). The summed E-state index contributed by atoms with van der Waals surface area (Å²) in [5.74, 6) is 0.369. The van der Waals surface area contributed by atoms with Crippen molar-refractivity contribution in [2.75, 3.05) is 0 Å². The molecule has 1 aliphatic carbocycles. The Morgan fingerprint density at radius 2 is 2.07 bits per heavy atom. The Morgan fingerprint density at radius 1 is 1.29 bits per heavy atom. The predicted molar refractivity (Wildman–Crippen MR) is 99.7 cm³/mol. The number of carbonyl (C=O) groups excluding carboxylic acids is 1. The molecule has 0 unspecified atom stereocenters. The third-order valence-corrected chi connectivity index (χ3v) is 4.67. The van der Waals surface area contributed by atoms with Crippen LogP contribution in [0, 0.1) is 11.3 Å². The number of nitriles is 1. The van der Waals surface area contributed by atoms with Crippen LogP contribution in [0.3, 0.4) is 0 Å². The van der Waals surface area contributed by atoms with Gasteiger partial charge >= 0.3 is 5.69 Å². The van der Waals surface area contributed by atoms with Crippen LogP contribution in [0.15, 0.2) is 40.2 Å². The van der Waals surface area contributed by atoms with Crippen molar-refractivity contribution in [1.82, 2.24) is 19.9 Å². The minimum atomic E-state index is -0.519. The van der Waals surface area contributed by atoms with Gasteiger partial charge in [-0.2, -0.15) is 5.26 Å². The zero-order valence-corrected chi connectivity index (χ0v) is 15.3. The van der Waals surface area contributed by atoms with E-state index in [1.54, 1.807) is 12.1 Å². The van der Waals surface area contributed by atoms with Crippen molar-refractivity contribution >= 4 is 5.91 Å². The van der Waals surface area contributed by atoms with E-state index in [-0.39, 0.29) is 31.0 Å². The fourth-order valence-corrected chi connectivity index (χ4v) is 3.15. The first-order valence-corrected chi connectivity index (χ1v) is 9.15. The maximum Gasteiger partial charge on any atom is 0.328 e. The first kappa shape index (κ1) is 19.4. The molecule has 0 saturated heterocycles. The molecule has 0 aromatic carbocycles. The fraction of sp³-hybridized carbons (Fsp3) is 0.421. The van der Waals surface area contributed by atoms with Crippen molar-refractivity contribution in [3.8, 4) is 11.9 Å². The summed E-state index contributed by atoms with van der Waals surface area (Å²) in [5.41, 5.74) is -0.488. The molecule has 9 nitrogen and oxygen atoms in total. The first-order valence-electron chi connectivity index (χ1n) is 9.15. The van der Waals surface area contributed by atoms with Gasteiger partial charge in [-0.3, -0.25) is 14.6 Å². The van der Waals surface area contributed by atoms with Crippen molar-refractivity contribution in [3.63, 3.8) is 0 Å². The second-order valence-electron chi connectivity index (χ2n) is 6.71. The summed E-state index contributed by atoms with van der Waals surface area (Å²) in [6.45, 7) is 0.213. The van der Waals surface area contributed by atoms with Gasteiger partial charge in [0.1, 0.15) is 12.2 Å². The number of amides is 1. The highest BCUT2D eigenvalue weighted by molar-refractivity contribution is 5.76. The number of H-pyrrole nitrogens is 1. The molecule has 1 aliphatic rings. The van der Waals surface area contributed by atoms with Gasteiger partial charge in [-0.15, -0.1) is 0 Å². The van der Waals surface area contributed by atoms with E-state index in [1.807, 2.05) is 6.07 Å². The Morgan fingerprint density at radius 3 is 2.71 bits per heavy atom. The van der Waals surface area contributed by atoms with Crippen LogP contribution in [0.2, 0.25) is 0 Å². The summed E-state index contributed by atoms with van der Waals surface area (Å²) >= 11 is 0. The van der Waals surface area contributed by atoms with E-state index >= 15 is 0 Å². The van der Waals surface area contributed by atoms with Crippen molar-refractivity contribution in [1.29, 1.82) is 5.26 Å². The summed E-state index contributed by atoms with van der Waals surface area (Å²) in [6.07, 6.45) is 6.25. The molecule has 1 fully saturated rings. The van der Waals surface area contributed by atoms with Crippen molar-refractivity contribution in [2.24, 2.45) is 0 Å². The fourth-order valence-electron chi connectivity index (χ4n) is 3.15. The molecule has 146 valence electrons. The molecular weight excluding hydrogens is 362 g/mol. The van der Waals surface area contributed by atoms with E-state index < -0.39 is 11.2 Å². The number of nitrogens with zero attached hydrogens (tertiary/aromatic N) is 3. The second kappa shape index (κ2) is 8.99. The molecule has 0 spiro atoms. The summed E-state index contributed by atoms with van der Waals surface area (Å²) in [7, 11) is 0. The van der Waals surface area contributed by atoms with Crippen LogP contribution in [0.4, 0.5) is 0 Å². The average Bonchev–Trinajstić information content (AvgIpc) is 2.69. The average molecular weight is 383 g/mol. The zero-order chi connectivity index (χ0) is 19.9. The van der Waals surface area contributed by atoms with Gasteiger partial charge in [-0.1, -0.05) is 0 Å². The highest BCUT2D eigenvalue weighted by Gasteiger charge is 2.23. The standard InChI is InChI=1S/C19H21N5O4/c20-11-13-1-6-18(21-12-13)28-15-4-2-14(3-5-15)22-16(25)7-9-24-10-8-17(26)23-19(24)27/h1,6,8,10,12,14-15H,2-5,7,9H2,(H,22,25)(H,23,26,27). The second-order valence-corrected chi connectivity index (χ2v) is 6.71. The number of ether oxygens (including phenoxy) is 1. The molecule has 0 bridgehead atoms. The van der Waals surface area contributed by atoms with Gasteiger partial charge in [0.2, 0.25) is 11.8 Å². The number of carbonyl (C=O) groups is 1. The Kier molecular flexibility index (Phi) is 6.22. The van der Waals surface area contributed by atoms with Crippen LogP contribution in [0.1, 0.15) is 37.7 Å². The summed E-state index contributed by atoms with van der Waals surface area (Å²) in [4.78, 5) is 41.0. The first-order chi connectivity index (χ1) is 13.5. The molecule has 2 heterocycles. The maximum absolute atomic E-state index is 12.1. The maximum atomic E-state index is 12.1. The van der Waals surface area contributed by atoms with Crippen LogP contribution in [-0.4, -0.2) is 32.6 Å². The number of hydrogen-bond acceptors (Lipinski definition) is 6. The van der Waals surface area contributed by atoms with Gasteiger partial charge in [0.05, 0.1) is 5.56 Å². The Hall–Kier alpha value is -3.41. The van der Waals surface area contributed by atoms with E-state index in [0.29, 0.717) is 11.4 Å². The van der Waals surface area contributed by atoms with E-state index in [4.69, 9.17) is 10.00 Å². The molecule has 2 N–H and O–H groups in total. The number of hydrogen-bond donors (Lipinski definition) is 2. The number of rotatable bonds is 6. The van der Waals surface area contributed by atoms with Crippen LogP contribution in [0.5, 0.6) is 5.88 Å². The Labute approximate surface area is 161 Å². The summed E-state index contributed by atoms with van der Waals surface area (Å²) in [5, 5.41) is 11.8. The van der Waals surface area contributed by atoms with Gasteiger partial charge in [0, 0.05) is 43.5 Å². The highest BCUT2D eigenvalue weighted by Crippen LogP contribution is 2.23. The minimum Gasteiger partial charge on any atom is -0.474 e. The number of aromatic nitrogens is 3. The topological polar surface area (TPSA) is 130 Å². The largest absolute Gasteiger partial charge is 0.474 e. The lowest BCUT2D eigenvalue weighted by molar-refractivity contribution is -0.122. The molecule has 2 aromatic rings. The normalized spacial score (nSPS) is 18.8. The molecule has 28 heavy (non-hydrogen) atoms. The third kappa shape index (κ3) is 5.30. The third-order valence-electron chi connectivity index (χ3n) is 4.67. The SMILES string of the molecule is N#Cc1ccc(OC2CCC(NC(=O)CCn3ccc(=O)[nH]c3=O)CC2)nc1. The monoisotopic (exact) mass is 383 g/mol. The lowest BCUT2D eigenvalue weighted by Gasteiger charge is -2.29. The van der Waals surface area contributed by atoms with Gasteiger partial charge in [0.15, 0.2) is 0 Å². The highest BCUT2D eigenvalue weighted by atomic mass is 16.5. The molecule has 0 aliphatic heterocycles. The van der Waals surface area contributed by atoms with E-state index in [9.17, 15) is 14.4 Å². The Balaban J connectivity index is 1.40. The van der Waals surface area contributed by atoms with E-state index in [2.05, 4.69) is 15.3 Å². The molecule has 0 atom stereocenters. The molecule has 1 saturated carbocycles. The van der Waals surface area contributed by atoms with Gasteiger partial charge < -0.3 is 14.6 Å². The van der Waals surface area contributed by atoms with Gasteiger partial charge in [0.25, 0.3) is 5.56 Å². The minimum absolute atomic E-state index is 0.0355. The van der Waals surface area contributed by atoms with E-state index in [0.717, 1.165) is 25.7 Å². The number of aryl methyl sites for hydroxylation is 1. The zero-order valence-electron chi connectivity index (χ0n) is 15.3. The number of nitrogens with one attached hydrogen (secondary N) is 2. The van der Waals surface area contributed by atoms with Gasteiger partial charge in [-0.25, -0.2) is 9.78 Å². The van der Waals surface area contributed by atoms with Crippen LogP contribution < -0.4 is 21.3 Å². The molecule has 0 radical (unpaired) electrons. The molecule has 9 heteroatoms. The van der Waals surface area contributed by atoms with E-state index in [1.165, 1.54) is 23.0 Å².